The van der Waals surface area contributed by atoms with E-state index in [2.05, 4.69) is 18.4 Å². The predicted molar refractivity (Wildman–Crippen MR) is 75.6 cm³/mol. The zero-order valence-electron chi connectivity index (χ0n) is 11.6. The van der Waals surface area contributed by atoms with Crippen LogP contribution in [0.25, 0.3) is 0 Å². The van der Waals surface area contributed by atoms with E-state index in [9.17, 15) is 4.79 Å². The minimum Gasteiger partial charge on any atom is -0.334 e. The number of nitrogens with two attached hydrogens (primary N) is 1. The quantitative estimate of drug-likeness (QED) is 0.849. The van der Waals surface area contributed by atoms with Crippen molar-refractivity contribution in [2.45, 2.75) is 46.2 Å². The Hall–Kier alpha value is -0.870. The summed E-state index contributed by atoms with van der Waals surface area (Å²) in [6, 6.07) is 1.85. The lowest BCUT2D eigenvalue weighted by Crippen LogP contribution is -2.52. The number of amides is 1. The van der Waals surface area contributed by atoms with Crippen LogP contribution >= 0.6 is 11.3 Å². The highest BCUT2D eigenvalue weighted by Gasteiger charge is 2.35. The third kappa shape index (κ3) is 2.31. The van der Waals surface area contributed by atoms with Gasteiger partial charge in [0.1, 0.15) is 0 Å². The second-order valence-electron chi connectivity index (χ2n) is 6.10. The van der Waals surface area contributed by atoms with Crippen molar-refractivity contribution < 1.29 is 4.79 Å². The summed E-state index contributed by atoms with van der Waals surface area (Å²) in [4.78, 5) is 15.8. The van der Waals surface area contributed by atoms with E-state index in [4.69, 9.17) is 5.73 Å². The van der Waals surface area contributed by atoms with Crippen molar-refractivity contribution in [2.24, 2.45) is 11.1 Å². The van der Waals surface area contributed by atoms with E-state index < -0.39 is 6.04 Å². The normalized spacial score (nSPS) is 21.6. The third-order valence-corrected chi connectivity index (χ3v) is 4.76. The topological polar surface area (TPSA) is 46.3 Å². The van der Waals surface area contributed by atoms with Crippen molar-refractivity contribution in [1.82, 2.24) is 4.90 Å². The average molecular weight is 266 g/mol. The molecule has 3 nitrogen and oxygen atoms in total. The van der Waals surface area contributed by atoms with Gasteiger partial charge in [-0.2, -0.15) is 0 Å². The summed E-state index contributed by atoms with van der Waals surface area (Å²) in [6.07, 6.45) is 0.958. The Morgan fingerprint density at radius 2 is 2.22 bits per heavy atom. The molecule has 1 aromatic heterocycles. The van der Waals surface area contributed by atoms with Gasteiger partial charge in [0.05, 0.1) is 12.1 Å². The number of carbonyl (C=O) groups is 1. The summed E-state index contributed by atoms with van der Waals surface area (Å²) < 4.78 is 0. The maximum atomic E-state index is 12.5. The Morgan fingerprint density at radius 1 is 1.56 bits per heavy atom. The van der Waals surface area contributed by atoms with Gasteiger partial charge >= 0.3 is 0 Å². The van der Waals surface area contributed by atoms with Crippen LogP contribution in [0.4, 0.5) is 0 Å². The van der Waals surface area contributed by atoms with Gasteiger partial charge in [-0.3, -0.25) is 4.79 Å². The fourth-order valence-electron chi connectivity index (χ4n) is 2.36. The molecule has 1 aliphatic heterocycles. The van der Waals surface area contributed by atoms with E-state index in [0.717, 1.165) is 13.0 Å². The molecule has 0 radical (unpaired) electrons. The lowest BCUT2D eigenvalue weighted by Gasteiger charge is -2.38. The minimum atomic E-state index is -0.430. The van der Waals surface area contributed by atoms with Crippen molar-refractivity contribution in [3.8, 4) is 0 Å². The zero-order chi connectivity index (χ0) is 13.5. The van der Waals surface area contributed by atoms with Gasteiger partial charge < -0.3 is 10.6 Å². The van der Waals surface area contributed by atoms with E-state index >= 15 is 0 Å². The molecule has 0 spiro atoms. The second kappa shape index (κ2) is 4.67. The van der Waals surface area contributed by atoms with Gasteiger partial charge in [-0.05, 0) is 35.8 Å². The number of fused-ring (bicyclic) bond motifs is 1. The summed E-state index contributed by atoms with van der Waals surface area (Å²) in [7, 11) is 0. The zero-order valence-corrected chi connectivity index (χ0v) is 12.4. The standard InChI is InChI=1S/C14H22N2OS/c1-9-10-6-8-18-11(10)5-7-16(9)13(17)12(15)14(2,3)4/h6,8-9,12H,5,7,15H2,1-4H3. The van der Waals surface area contributed by atoms with Crippen molar-refractivity contribution in [2.75, 3.05) is 6.54 Å². The monoisotopic (exact) mass is 266 g/mol. The first-order chi connectivity index (χ1) is 8.32. The molecule has 0 fully saturated rings. The summed E-state index contributed by atoms with van der Waals surface area (Å²) in [5.41, 5.74) is 7.20. The number of thiophene rings is 1. The molecule has 0 aromatic carbocycles. The fourth-order valence-corrected chi connectivity index (χ4v) is 3.32. The van der Waals surface area contributed by atoms with Crippen LogP contribution in [0.5, 0.6) is 0 Å². The van der Waals surface area contributed by atoms with Crippen LogP contribution in [0.15, 0.2) is 11.4 Å². The van der Waals surface area contributed by atoms with E-state index in [1.165, 1.54) is 10.4 Å². The highest BCUT2D eigenvalue weighted by atomic mass is 32.1. The van der Waals surface area contributed by atoms with E-state index in [1.807, 2.05) is 25.7 Å². The summed E-state index contributed by atoms with van der Waals surface area (Å²) in [6.45, 7) is 8.93. The molecule has 0 aliphatic carbocycles. The van der Waals surface area contributed by atoms with Gasteiger partial charge in [-0.1, -0.05) is 20.8 Å². The molecule has 2 heterocycles. The molecule has 1 aromatic rings. The first-order valence-electron chi connectivity index (χ1n) is 6.44. The lowest BCUT2D eigenvalue weighted by atomic mass is 9.85. The van der Waals surface area contributed by atoms with Crippen LogP contribution in [0.1, 0.15) is 44.2 Å². The van der Waals surface area contributed by atoms with Gasteiger partial charge in [0.2, 0.25) is 5.91 Å². The molecular weight excluding hydrogens is 244 g/mol. The van der Waals surface area contributed by atoms with E-state index in [1.54, 1.807) is 11.3 Å². The van der Waals surface area contributed by atoms with Gasteiger partial charge in [0.15, 0.2) is 0 Å². The van der Waals surface area contributed by atoms with Crippen molar-refractivity contribution in [3.05, 3.63) is 21.9 Å². The molecule has 4 heteroatoms. The minimum absolute atomic E-state index is 0.0758. The average Bonchev–Trinajstić information content (AvgIpc) is 2.75. The summed E-state index contributed by atoms with van der Waals surface area (Å²) in [5.74, 6) is 0.0758. The molecule has 0 saturated heterocycles. The Kier molecular flexibility index (Phi) is 3.52. The number of carbonyl (C=O) groups excluding carboxylic acids is 1. The molecule has 1 amide bonds. The molecule has 0 saturated carbocycles. The highest BCUT2D eigenvalue weighted by Crippen LogP contribution is 2.34. The third-order valence-electron chi connectivity index (χ3n) is 3.76. The first kappa shape index (κ1) is 13.6. The van der Waals surface area contributed by atoms with Gasteiger partial charge in [-0.25, -0.2) is 0 Å². The number of nitrogens with zero attached hydrogens (tertiary/aromatic N) is 1. The lowest BCUT2D eigenvalue weighted by molar-refractivity contribution is -0.137. The Bertz CT molecular complexity index is 447. The van der Waals surface area contributed by atoms with Crippen LogP contribution in [0.2, 0.25) is 0 Å². The maximum absolute atomic E-state index is 12.5. The van der Waals surface area contributed by atoms with Gasteiger partial charge in [-0.15, -0.1) is 11.3 Å². The van der Waals surface area contributed by atoms with Gasteiger partial charge in [0, 0.05) is 11.4 Å². The molecule has 2 atom stereocenters. The van der Waals surface area contributed by atoms with Crippen LogP contribution < -0.4 is 5.73 Å². The largest absolute Gasteiger partial charge is 0.334 e. The van der Waals surface area contributed by atoms with E-state index in [0.29, 0.717) is 0 Å². The molecule has 100 valence electrons. The first-order valence-corrected chi connectivity index (χ1v) is 7.32. The van der Waals surface area contributed by atoms with Crippen molar-refractivity contribution in [3.63, 3.8) is 0 Å². The smallest absolute Gasteiger partial charge is 0.240 e. The Morgan fingerprint density at radius 3 is 2.83 bits per heavy atom. The van der Waals surface area contributed by atoms with Crippen LogP contribution in [-0.2, 0) is 11.2 Å². The molecule has 1 aliphatic rings. The molecule has 18 heavy (non-hydrogen) atoms. The van der Waals surface area contributed by atoms with Crippen LogP contribution in [0, 0.1) is 5.41 Å². The molecule has 0 bridgehead atoms. The summed E-state index contributed by atoms with van der Waals surface area (Å²) >= 11 is 1.79. The summed E-state index contributed by atoms with van der Waals surface area (Å²) in [5, 5.41) is 2.11. The molecule has 2 unspecified atom stereocenters. The van der Waals surface area contributed by atoms with Crippen LogP contribution in [0.3, 0.4) is 0 Å². The van der Waals surface area contributed by atoms with Gasteiger partial charge in [0.25, 0.3) is 0 Å². The van der Waals surface area contributed by atoms with Crippen molar-refractivity contribution in [1.29, 1.82) is 0 Å². The Labute approximate surface area is 113 Å². The molecule has 2 N–H and O–H groups in total. The molecular formula is C14H22N2OS. The Balaban J connectivity index is 2.19. The number of hydrogen-bond acceptors (Lipinski definition) is 3. The fraction of sp³-hybridized carbons (Fsp3) is 0.643. The maximum Gasteiger partial charge on any atom is 0.240 e. The molecule has 2 rings (SSSR count). The SMILES string of the molecule is CC1c2ccsc2CCN1C(=O)C(N)C(C)(C)C. The number of hydrogen-bond donors (Lipinski definition) is 1. The van der Waals surface area contributed by atoms with E-state index in [-0.39, 0.29) is 17.4 Å². The number of rotatable bonds is 1. The van der Waals surface area contributed by atoms with Crippen molar-refractivity contribution >= 4 is 17.2 Å². The van der Waals surface area contributed by atoms with Crippen LogP contribution in [-0.4, -0.2) is 23.4 Å². The highest BCUT2D eigenvalue weighted by molar-refractivity contribution is 7.10. The second-order valence-corrected chi connectivity index (χ2v) is 7.10. The predicted octanol–water partition coefficient (Wildman–Crippen LogP) is 2.57.